The number of benzene rings is 3. The number of amides is 1. The van der Waals surface area contributed by atoms with E-state index in [9.17, 15) is 4.79 Å². The molecule has 1 aliphatic rings. The number of imidazole rings is 1. The Labute approximate surface area is 151 Å². The van der Waals surface area contributed by atoms with Crippen molar-refractivity contribution in [3.63, 3.8) is 0 Å². The van der Waals surface area contributed by atoms with Crippen molar-refractivity contribution in [2.75, 3.05) is 11.4 Å². The molecule has 4 heteroatoms. The van der Waals surface area contributed by atoms with Crippen LogP contribution in [0.3, 0.4) is 0 Å². The number of carbonyl (C=O) groups is 1. The zero-order chi connectivity index (χ0) is 17.7. The summed E-state index contributed by atoms with van der Waals surface area (Å²) < 4.78 is 2.12. The number of rotatable bonds is 2. The fourth-order valence-electron chi connectivity index (χ4n) is 4.09. The summed E-state index contributed by atoms with van der Waals surface area (Å²) in [6.07, 6.45) is 0.500. The highest BCUT2D eigenvalue weighted by atomic mass is 16.2. The van der Waals surface area contributed by atoms with E-state index in [0.29, 0.717) is 13.0 Å². The second-order valence-electron chi connectivity index (χ2n) is 6.92. The summed E-state index contributed by atoms with van der Waals surface area (Å²) in [5.41, 5.74) is 3.09. The van der Waals surface area contributed by atoms with Crippen LogP contribution in [0, 0.1) is 0 Å². The molecule has 0 spiro atoms. The lowest BCUT2D eigenvalue weighted by molar-refractivity contribution is -0.117. The van der Waals surface area contributed by atoms with Gasteiger partial charge in [0.2, 0.25) is 5.91 Å². The Morgan fingerprint density at radius 3 is 2.62 bits per heavy atom. The third-order valence-electron chi connectivity index (χ3n) is 5.37. The summed E-state index contributed by atoms with van der Waals surface area (Å²) in [5.74, 6) is 1.26. The van der Waals surface area contributed by atoms with Crippen LogP contribution in [-0.4, -0.2) is 22.0 Å². The molecule has 4 nitrogen and oxygen atoms in total. The van der Waals surface area contributed by atoms with E-state index < -0.39 is 0 Å². The van der Waals surface area contributed by atoms with Crippen molar-refractivity contribution in [3.05, 3.63) is 72.6 Å². The van der Waals surface area contributed by atoms with Gasteiger partial charge >= 0.3 is 0 Å². The molecule has 128 valence electrons. The second-order valence-corrected chi connectivity index (χ2v) is 6.92. The van der Waals surface area contributed by atoms with E-state index in [-0.39, 0.29) is 11.8 Å². The van der Waals surface area contributed by atoms with Crippen LogP contribution in [-0.2, 0) is 11.8 Å². The predicted molar refractivity (Wildman–Crippen MR) is 104 cm³/mol. The highest BCUT2D eigenvalue weighted by Gasteiger charge is 2.34. The molecule has 0 unspecified atom stereocenters. The second kappa shape index (κ2) is 5.70. The van der Waals surface area contributed by atoms with E-state index >= 15 is 0 Å². The predicted octanol–water partition coefficient (Wildman–Crippen LogP) is 4.25. The minimum atomic E-state index is 0.110. The van der Waals surface area contributed by atoms with Gasteiger partial charge in [0.05, 0.1) is 16.7 Å². The smallest absolute Gasteiger partial charge is 0.227 e. The van der Waals surface area contributed by atoms with Crippen molar-refractivity contribution < 1.29 is 4.79 Å². The number of carbonyl (C=O) groups excluding carboxylic acids is 1. The Morgan fingerprint density at radius 1 is 0.962 bits per heavy atom. The van der Waals surface area contributed by atoms with Crippen LogP contribution in [0.15, 0.2) is 66.7 Å². The molecular formula is C22H19N3O. The average molecular weight is 341 g/mol. The first-order valence-corrected chi connectivity index (χ1v) is 8.92. The molecule has 0 saturated carbocycles. The first-order valence-electron chi connectivity index (χ1n) is 8.92. The van der Waals surface area contributed by atoms with Gasteiger partial charge in [-0.25, -0.2) is 4.98 Å². The Balaban J connectivity index is 1.55. The maximum absolute atomic E-state index is 12.8. The van der Waals surface area contributed by atoms with Crippen molar-refractivity contribution in [1.82, 2.24) is 9.55 Å². The Morgan fingerprint density at radius 2 is 1.73 bits per heavy atom. The van der Waals surface area contributed by atoms with Gasteiger partial charge in [-0.3, -0.25) is 4.79 Å². The first-order chi connectivity index (χ1) is 12.7. The molecule has 1 saturated heterocycles. The number of hydrogen-bond acceptors (Lipinski definition) is 2. The fraction of sp³-hybridized carbons (Fsp3) is 0.182. The third kappa shape index (κ3) is 2.22. The fourth-order valence-corrected chi connectivity index (χ4v) is 4.09. The Hall–Kier alpha value is -3.14. The van der Waals surface area contributed by atoms with Crippen molar-refractivity contribution in [2.45, 2.75) is 12.3 Å². The molecule has 1 aliphatic heterocycles. The van der Waals surface area contributed by atoms with Gasteiger partial charge in [0.1, 0.15) is 5.82 Å². The van der Waals surface area contributed by atoms with Gasteiger partial charge in [0.25, 0.3) is 0 Å². The number of aryl methyl sites for hydroxylation is 1. The Kier molecular flexibility index (Phi) is 3.32. The van der Waals surface area contributed by atoms with Crippen molar-refractivity contribution >= 4 is 33.4 Å². The largest absolute Gasteiger partial charge is 0.331 e. The highest BCUT2D eigenvalue weighted by molar-refractivity contribution is 6.05. The van der Waals surface area contributed by atoms with E-state index in [1.54, 1.807) is 0 Å². The van der Waals surface area contributed by atoms with Gasteiger partial charge in [-0.15, -0.1) is 0 Å². The molecule has 1 aromatic heterocycles. The number of anilines is 1. The lowest BCUT2D eigenvalue weighted by Crippen LogP contribution is -2.24. The zero-order valence-electron chi connectivity index (χ0n) is 14.6. The topological polar surface area (TPSA) is 38.1 Å². The molecule has 0 aliphatic carbocycles. The molecule has 2 heterocycles. The summed E-state index contributed by atoms with van der Waals surface area (Å²) in [6.45, 7) is 0.671. The zero-order valence-corrected chi connectivity index (χ0v) is 14.6. The van der Waals surface area contributed by atoms with Crippen LogP contribution < -0.4 is 4.90 Å². The lowest BCUT2D eigenvalue weighted by atomic mass is 10.1. The molecule has 3 aromatic carbocycles. The number of fused-ring (bicyclic) bond motifs is 2. The molecule has 0 radical (unpaired) electrons. The third-order valence-corrected chi connectivity index (χ3v) is 5.37. The molecule has 1 atom stereocenters. The molecule has 5 rings (SSSR count). The number of hydrogen-bond donors (Lipinski definition) is 0. The van der Waals surface area contributed by atoms with E-state index in [2.05, 4.69) is 28.8 Å². The summed E-state index contributed by atoms with van der Waals surface area (Å²) in [5, 5.41) is 2.28. The monoisotopic (exact) mass is 341 g/mol. The molecule has 1 fully saturated rings. The van der Waals surface area contributed by atoms with Crippen molar-refractivity contribution in [1.29, 1.82) is 0 Å². The van der Waals surface area contributed by atoms with Crippen LogP contribution in [0.4, 0.5) is 5.69 Å². The first kappa shape index (κ1) is 15.1. The van der Waals surface area contributed by atoms with E-state index in [1.165, 1.54) is 0 Å². The summed E-state index contributed by atoms with van der Waals surface area (Å²) in [4.78, 5) is 19.5. The average Bonchev–Trinajstić information content (AvgIpc) is 3.22. The normalized spacial score (nSPS) is 17.5. The van der Waals surface area contributed by atoms with E-state index in [1.807, 2.05) is 54.4 Å². The van der Waals surface area contributed by atoms with Crippen LogP contribution in [0.1, 0.15) is 18.2 Å². The molecule has 26 heavy (non-hydrogen) atoms. The SMILES string of the molecule is Cn1c([C@@H]2CC(=O)N(c3cccc4ccccc34)C2)nc2ccccc21. The summed E-state index contributed by atoms with van der Waals surface area (Å²) in [6, 6.07) is 22.5. The molecule has 0 bridgehead atoms. The van der Waals surface area contributed by atoms with Gasteiger partial charge in [-0.1, -0.05) is 48.5 Å². The number of aromatic nitrogens is 2. The quantitative estimate of drug-likeness (QED) is 0.547. The summed E-state index contributed by atoms with van der Waals surface area (Å²) in [7, 11) is 2.04. The van der Waals surface area contributed by atoms with Crippen molar-refractivity contribution in [3.8, 4) is 0 Å². The minimum Gasteiger partial charge on any atom is -0.331 e. The van der Waals surface area contributed by atoms with Crippen LogP contribution in [0.2, 0.25) is 0 Å². The van der Waals surface area contributed by atoms with Gasteiger partial charge < -0.3 is 9.47 Å². The van der Waals surface area contributed by atoms with Crippen LogP contribution in [0.5, 0.6) is 0 Å². The Bertz CT molecular complexity index is 1140. The van der Waals surface area contributed by atoms with Gasteiger partial charge in [-0.2, -0.15) is 0 Å². The lowest BCUT2D eigenvalue weighted by Gasteiger charge is -2.19. The number of nitrogens with zero attached hydrogens (tertiary/aromatic N) is 3. The van der Waals surface area contributed by atoms with Gasteiger partial charge in [0.15, 0.2) is 0 Å². The van der Waals surface area contributed by atoms with E-state index in [0.717, 1.165) is 33.3 Å². The van der Waals surface area contributed by atoms with Gasteiger partial charge in [-0.05, 0) is 23.6 Å². The minimum absolute atomic E-state index is 0.110. The molecule has 0 N–H and O–H groups in total. The standard InChI is InChI=1S/C22H19N3O/c1-24-20-11-5-4-10-18(20)23-22(24)16-13-21(26)25(14-16)19-12-6-8-15-7-2-3-9-17(15)19/h2-12,16H,13-14H2,1H3/t16-/m1/s1. The van der Waals surface area contributed by atoms with Crippen molar-refractivity contribution in [2.24, 2.45) is 7.05 Å². The molecular weight excluding hydrogens is 322 g/mol. The van der Waals surface area contributed by atoms with Crippen LogP contribution >= 0.6 is 0 Å². The number of para-hydroxylation sites is 2. The molecule has 4 aromatic rings. The van der Waals surface area contributed by atoms with E-state index in [4.69, 9.17) is 4.98 Å². The molecule has 1 amide bonds. The summed E-state index contributed by atoms with van der Waals surface area (Å²) >= 11 is 0. The maximum atomic E-state index is 12.8. The van der Waals surface area contributed by atoms with Gasteiger partial charge in [0, 0.05) is 31.3 Å². The maximum Gasteiger partial charge on any atom is 0.227 e. The van der Waals surface area contributed by atoms with Crippen LogP contribution in [0.25, 0.3) is 21.8 Å². The highest BCUT2D eigenvalue weighted by Crippen LogP contribution is 2.35.